The van der Waals surface area contributed by atoms with Gasteiger partial charge in [0.2, 0.25) is 11.8 Å². The van der Waals surface area contributed by atoms with E-state index in [1.807, 2.05) is 42.5 Å². The van der Waals surface area contributed by atoms with Crippen LogP contribution in [0.25, 0.3) is 22.3 Å². The number of nitrogens with zero attached hydrogens (tertiary/aromatic N) is 2. The predicted molar refractivity (Wildman–Crippen MR) is 159 cm³/mol. The number of carbonyl (C=O) groups is 4. The van der Waals surface area contributed by atoms with E-state index >= 15 is 0 Å². The lowest BCUT2D eigenvalue weighted by molar-refractivity contribution is -0.136. The number of aryl methyl sites for hydroxylation is 1. The molecule has 1 atom stereocenters. The number of benzene rings is 3. The van der Waals surface area contributed by atoms with Gasteiger partial charge in [-0.3, -0.25) is 34.2 Å². The summed E-state index contributed by atoms with van der Waals surface area (Å²) in [5, 5.41) is 5.94. The molecule has 4 amide bonds. The molecule has 0 bridgehead atoms. The van der Waals surface area contributed by atoms with Crippen LogP contribution in [0.15, 0.2) is 71.5 Å². The Morgan fingerprint density at radius 3 is 2.53 bits per heavy atom. The average Bonchev–Trinajstić information content (AvgIpc) is 3.26. The number of hydrogen-bond acceptors (Lipinski definition) is 8. The molecule has 4 aromatic rings. The standard InChI is InChI=1S/C32H29N5O6/c38-26-15-14-25(30(40)35-26)37-31(41)22-7-3-9-24(27(22)32(37)42)33-16-18-43-17-4-5-19-10-12-20(13-11-19)28-34-23-8-2-1-6-21(23)29(39)36-28/h1-3,6-13,25,33H,4-5,14-18H2,(H,34,36,39)(H,35,38,40). The molecule has 1 unspecified atom stereocenters. The number of aromatic amines is 1. The number of imide groups is 2. The molecule has 218 valence electrons. The van der Waals surface area contributed by atoms with Crippen molar-refractivity contribution < 1.29 is 23.9 Å². The van der Waals surface area contributed by atoms with Crippen LogP contribution >= 0.6 is 0 Å². The Labute approximate surface area is 246 Å². The SMILES string of the molecule is O=C1CCC(N2C(=O)c3cccc(NCCOCCCc4ccc(-c5nc6ccccc6c(=O)[nH]5)cc4)c3C2=O)C(=O)N1. The van der Waals surface area contributed by atoms with Crippen LogP contribution in [-0.4, -0.2) is 64.3 Å². The number of carbonyl (C=O) groups excluding carboxylic acids is 4. The number of fused-ring (bicyclic) bond motifs is 2. The molecule has 3 aromatic carbocycles. The van der Waals surface area contributed by atoms with Gasteiger partial charge in [0.05, 0.1) is 28.6 Å². The van der Waals surface area contributed by atoms with Crippen molar-refractivity contribution in [3.63, 3.8) is 0 Å². The van der Waals surface area contributed by atoms with E-state index in [1.54, 1.807) is 24.3 Å². The number of aromatic nitrogens is 2. The summed E-state index contributed by atoms with van der Waals surface area (Å²) in [6, 6.07) is 19.1. The van der Waals surface area contributed by atoms with Crippen LogP contribution in [0, 0.1) is 0 Å². The maximum absolute atomic E-state index is 13.2. The van der Waals surface area contributed by atoms with Gasteiger partial charge in [-0.1, -0.05) is 42.5 Å². The molecule has 43 heavy (non-hydrogen) atoms. The van der Waals surface area contributed by atoms with Crippen molar-refractivity contribution in [1.29, 1.82) is 0 Å². The molecular formula is C32H29N5O6. The Balaban J connectivity index is 0.971. The monoisotopic (exact) mass is 579 g/mol. The molecule has 3 heterocycles. The van der Waals surface area contributed by atoms with Gasteiger partial charge >= 0.3 is 0 Å². The van der Waals surface area contributed by atoms with E-state index in [-0.39, 0.29) is 29.5 Å². The Kier molecular flexibility index (Phi) is 7.80. The second-order valence-electron chi connectivity index (χ2n) is 10.4. The maximum atomic E-state index is 13.2. The third-order valence-electron chi connectivity index (χ3n) is 7.62. The zero-order valence-electron chi connectivity index (χ0n) is 23.2. The normalized spacial score (nSPS) is 16.5. The third kappa shape index (κ3) is 5.67. The summed E-state index contributed by atoms with van der Waals surface area (Å²) in [6.07, 6.45) is 1.80. The number of rotatable bonds is 10. The number of anilines is 1. The molecule has 1 fully saturated rings. The van der Waals surface area contributed by atoms with E-state index in [9.17, 15) is 24.0 Å². The van der Waals surface area contributed by atoms with Gasteiger partial charge in [0, 0.05) is 30.8 Å². The quantitative estimate of drug-likeness (QED) is 0.192. The van der Waals surface area contributed by atoms with Gasteiger partial charge in [0.15, 0.2) is 0 Å². The van der Waals surface area contributed by atoms with E-state index in [0.717, 1.165) is 28.9 Å². The van der Waals surface area contributed by atoms with Gasteiger partial charge in [-0.05, 0) is 49.1 Å². The molecule has 0 spiro atoms. The molecule has 2 aliphatic heterocycles. The summed E-state index contributed by atoms with van der Waals surface area (Å²) in [7, 11) is 0. The molecule has 11 nitrogen and oxygen atoms in total. The van der Waals surface area contributed by atoms with Crippen LogP contribution < -0.4 is 16.2 Å². The van der Waals surface area contributed by atoms with Crippen molar-refractivity contribution in [3.8, 4) is 11.4 Å². The van der Waals surface area contributed by atoms with E-state index in [0.29, 0.717) is 42.2 Å². The first-order valence-electron chi connectivity index (χ1n) is 14.2. The molecule has 0 radical (unpaired) electrons. The molecule has 0 saturated carbocycles. The lowest BCUT2D eigenvalue weighted by Crippen LogP contribution is -2.54. The Hall–Kier alpha value is -5.16. The lowest BCUT2D eigenvalue weighted by Gasteiger charge is -2.27. The first-order valence-corrected chi connectivity index (χ1v) is 14.2. The molecule has 1 aromatic heterocycles. The molecule has 2 aliphatic rings. The first kappa shape index (κ1) is 28.0. The van der Waals surface area contributed by atoms with Crippen molar-refractivity contribution in [3.05, 3.63) is 93.8 Å². The number of H-pyrrole nitrogens is 1. The predicted octanol–water partition coefficient (Wildman–Crippen LogP) is 3.05. The number of ether oxygens (including phenoxy) is 1. The van der Waals surface area contributed by atoms with Gasteiger partial charge < -0.3 is 15.0 Å². The van der Waals surface area contributed by atoms with Crippen LogP contribution in [-0.2, 0) is 20.7 Å². The minimum absolute atomic E-state index is 0.0718. The summed E-state index contributed by atoms with van der Waals surface area (Å²) >= 11 is 0. The second-order valence-corrected chi connectivity index (χ2v) is 10.4. The summed E-state index contributed by atoms with van der Waals surface area (Å²) in [5.41, 5.74) is 3.42. The van der Waals surface area contributed by atoms with Crippen molar-refractivity contribution in [2.45, 2.75) is 31.7 Å². The Bertz CT molecular complexity index is 1800. The maximum Gasteiger partial charge on any atom is 0.264 e. The summed E-state index contributed by atoms with van der Waals surface area (Å²) < 4.78 is 5.77. The summed E-state index contributed by atoms with van der Waals surface area (Å²) in [5.74, 6) is -1.60. The fourth-order valence-corrected chi connectivity index (χ4v) is 5.45. The molecule has 6 rings (SSSR count). The van der Waals surface area contributed by atoms with Crippen LogP contribution in [0.1, 0.15) is 45.5 Å². The molecule has 11 heteroatoms. The van der Waals surface area contributed by atoms with E-state index < -0.39 is 29.7 Å². The third-order valence-corrected chi connectivity index (χ3v) is 7.62. The van der Waals surface area contributed by atoms with Crippen molar-refractivity contribution in [2.24, 2.45) is 0 Å². The van der Waals surface area contributed by atoms with Gasteiger partial charge in [-0.25, -0.2) is 4.98 Å². The highest BCUT2D eigenvalue weighted by Crippen LogP contribution is 2.32. The van der Waals surface area contributed by atoms with Gasteiger partial charge in [0.25, 0.3) is 17.4 Å². The molecule has 1 saturated heterocycles. The Morgan fingerprint density at radius 1 is 0.907 bits per heavy atom. The van der Waals surface area contributed by atoms with Gasteiger partial charge in [-0.15, -0.1) is 0 Å². The highest BCUT2D eigenvalue weighted by molar-refractivity contribution is 6.25. The minimum Gasteiger partial charge on any atom is -0.382 e. The number of piperidine rings is 1. The highest BCUT2D eigenvalue weighted by Gasteiger charge is 2.45. The Morgan fingerprint density at radius 2 is 1.72 bits per heavy atom. The number of amides is 4. The topological polar surface area (TPSA) is 151 Å². The average molecular weight is 580 g/mol. The fourth-order valence-electron chi connectivity index (χ4n) is 5.45. The van der Waals surface area contributed by atoms with Crippen molar-refractivity contribution >= 4 is 40.2 Å². The van der Waals surface area contributed by atoms with Crippen LogP contribution in [0.5, 0.6) is 0 Å². The smallest absolute Gasteiger partial charge is 0.264 e. The van der Waals surface area contributed by atoms with Crippen LogP contribution in [0.2, 0.25) is 0 Å². The van der Waals surface area contributed by atoms with E-state index in [2.05, 4.69) is 20.6 Å². The molecule has 3 N–H and O–H groups in total. The fraction of sp³-hybridized carbons (Fsp3) is 0.250. The number of nitrogens with one attached hydrogen (secondary N) is 3. The lowest BCUT2D eigenvalue weighted by atomic mass is 10.0. The van der Waals surface area contributed by atoms with Crippen molar-refractivity contribution in [1.82, 2.24) is 20.2 Å². The van der Waals surface area contributed by atoms with E-state index in [1.165, 1.54) is 0 Å². The van der Waals surface area contributed by atoms with Crippen molar-refractivity contribution in [2.75, 3.05) is 25.1 Å². The first-order chi connectivity index (χ1) is 20.9. The summed E-state index contributed by atoms with van der Waals surface area (Å²) in [4.78, 5) is 70.7. The number of hydrogen-bond donors (Lipinski definition) is 3. The molecular weight excluding hydrogens is 550 g/mol. The minimum atomic E-state index is -1.00. The number of para-hydroxylation sites is 1. The van der Waals surface area contributed by atoms with Gasteiger partial charge in [0.1, 0.15) is 11.9 Å². The zero-order valence-corrected chi connectivity index (χ0v) is 23.2. The van der Waals surface area contributed by atoms with Gasteiger partial charge in [-0.2, -0.15) is 0 Å². The second kappa shape index (κ2) is 12.0. The summed E-state index contributed by atoms with van der Waals surface area (Å²) in [6.45, 7) is 1.35. The van der Waals surface area contributed by atoms with Crippen LogP contribution in [0.3, 0.4) is 0 Å². The highest BCUT2D eigenvalue weighted by atomic mass is 16.5. The zero-order chi connectivity index (χ0) is 29.9. The van der Waals surface area contributed by atoms with Crippen LogP contribution in [0.4, 0.5) is 5.69 Å². The van der Waals surface area contributed by atoms with E-state index in [4.69, 9.17) is 4.74 Å². The largest absolute Gasteiger partial charge is 0.382 e. The molecule has 0 aliphatic carbocycles.